The van der Waals surface area contributed by atoms with Crippen LogP contribution in [0.1, 0.15) is 29.3 Å². The van der Waals surface area contributed by atoms with Gasteiger partial charge in [-0.15, -0.1) is 0 Å². The Morgan fingerprint density at radius 1 is 1.32 bits per heavy atom. The van der Waals surface area contributed by atoms with Crippen molar-refractivity contribution in [2.45, 2.75) is 13.3 Å². The van der Waals surface area contributed by atoms with Crippen molar-refractivity contribution in [3.8, 4) is 5.88 Å². The number of hydrogen-bond donors (Lipinski definition) is 3. The standard InChI is InChI=1S/C14H13N3O5/c1-2-9(10-11(18)16-14(22)17-12(10)19)15-8-5-3-4-7(6-8)13(20)21/h3-6H,2H2,1H3,(H,20,21)(H3,16,17,18,19,22)/p-1. The molecule has 8 heteroatoms. The van der Waals surface area contributed by atoms with Crippen molar-refractivity contribution >= 4 is 17.4 Å². The van der Waals surface area contributed by atoms with Crippen LogP contribution >= 0.6 is 0 Å². The van der Waals surface area contributed by atoms with Crippen LogP contribution in [0, 0.1) is 0 Å². The average Bonchev–Trinajstić information content (AvgIpc) is 2.45. The number of nitrogens with one attached hydrogen (secondary N) is 2. The van der Waals surface area contributed by atoms with Gasteiger partial charge in [-0.25, -0.2) is 4.79 Å². The summed E-state index contributed by atoms with van der Waals surface area (Å²) in [5, 5.41) is 20.6. The van der Waals surface area contributed by atoms with E-state index in [2.05, 4.69) is 9.98 Å². The number of H-pyrrole nitrogens is 2. The van der Waals surface area contributed by atoms with Crippen molar-refractivity contribution in [2.75, 3.05) is 0 Å². The second kappa shape index (κ2) is 6.08. The first-order chi connectivity index (χ1) is 10.4. The monoisotopic (exact) mass is 302 g/mol. The molecule has 0 saturated heterocycles. The van der Waals surface area contributed by atoms with Gasteiger partial charge in [-0.05, 0) is 24.1 Å². The van der Waals surface area contributed by atoms with Gasteiger partial charge in [0.15, 0.2) is 0 Å². The number of benzene rings is 1. The summed E-state index contributed by atoms with van der Waals surface area (Å²) in [6.07, 6.45) is 0.276. The number of aromatic amines is 2. The molecule has 0 radical (unpaired) electrons. The highest BCUT2D eigenvalue weighted by Crippen LogP contribution is 2.18. The number of carboxylic acids is 1. The summed E-state index contributed by atoms with van der Waals surface area (Å²) < 4.78 is 0. The lowest BCUT2D eigenvalue weighted by Gasteiger charge is -2.07. The summed E-state index contributed by atoms with van der Waals surface area (Å²) in [7, 11) is 0. The molecule has 0 saturated carbocycles. The summed E-state index contributed by atoms with van der Waals surface area (Å²) in [6, 6.07) is 5.65. The number of nitrogens with zero attached hydrogens (tertiary/aromatic N) is 1. The van der Waals surface area contributed by atoms with Gasteiger partial charge in [0.2, 0.25) is 5.88 Å². The fraction of sp³-hybridized carbons (Fsp3) is 0.143. The Hall–Kier alpha value is -3.16. The summed E-state index contributed by atoms with van der Waals surface area (Å²) in [5.41, 5.74) is -1.36. The number of carbonyl (C=O) groups is 1. The van der Waals surface area contributed by atoms with E-state index in [-0.39, 0.29) is 28.9 Å². The summed E-state index contributed by atoms with van der Waals surface area (Å²) in [4.78, 5) is 41.9. The highest BCUT2D eigenvalue weighted by atomic mass is 16.4. The average molecular weight is 302 g/mol. The molecule has 0 fully saturated rings. The molecular weight excluding hydrogens is 290 g/mol. The second-order valence-electron chi connectivity index (χ2n) is 4.38. The van der Waals surface area contributed by atoms with Crippen LogP contribution in [0.5, 0.6) is 5.88 Å². The van der Waals surface area contributed by atoms with Crippen LogP contribution in [0.25, 0.3) is 0 Å². The lowest BCUT2D eigenvalue weighted by atomic mass is 10.1. The van der Waals surface area contributed by atoms with Gasteiger partial charge in [0, 0.05) is 0 Å². The maximum Gasteiger partial charge on any atom is 0.328 e. The smallest absolute Gasteiger partial charge is 0.328 e. The first kappa shape index (κ1) is 15.2. The van der Waals surface area contributed by atoms with Gasteiger partial charge in [-0.2, -0.15) is 0 Å². The molecule has 0 atom stereocenters. The lowest BCUT2D eigenvalue weighted by Crippen LogP contribution is -2.27. The van der Waals surface area contributed by atoms with Gasteiger partial charge in [0.05, 0.1) is 17.4 Å². The third kappa shape index (κ3) is 3.11. The Morgan fingerprint density at radius 3 is 2.64 bits per heavy atom. The Labute approximate surface area is 123 Å². The minimum Gasteiger partial charge on any atom is -0.545 e. The molecule has 0 unspecified atom stereocenters. The van der Waals surface area contributed by atoms with Crippen molar-refractivity contribution in [3.63, 3.8) is 0 Å². The molecule has 0 amide bonds. The number of hydrogen-bond acceptors (Lipinski definition) is 6. The fourth-order valence-corrected chi connectivity index (χ4v) is 1.91. The van der Waals surface area contributed by atoms with E-state index >= 15 is 0 Å². The highest BCUT2D eigenvalue weighted by molar-refractivity contribution is 6.03. The molecule has 2 rings (SSSR count). The van der Waals surface area contributed by atoms with Crippen LogP contribution in [-0.2, 0) is 0 Å². The Kier molecular flexibility index (Phi) is 4.21. The number of aromatic nitrogens is 2. The Morgan fingerprint density at radius 2 is 2.05 bits per heavy atom. The molecule has 1 aromatic heterocycles. The normalized spacial score (nSPS) is 11.4. The van der Waals surface area contributed by atoms with Gasteiger partial charge < -0.3 is 15.0 Å². The van der Waals surface area contributed by atoms with Crippen LogP contribution in [0.3, 0.4) is 0 Å². The van der Waals surface area contributed by atoms with E-state index in [1.54, 1.807) is 13.0 Å². The maximum absolute atomic E-state index is 11.8. The van der Waals surface area contributed by atoms with E-state index in [4.69, 9.17) is 0 Å². The molecule has 0 bridgehead atoms. The first-order valence-corrected chi connectivity index (χ1v) is 6.37. The zero-order valence-corrected chi connectivity index (χ0v) is 11.5. The number of aliphatic imine (C=N–C) groups is 1. The largest absolute Gasteiger partial charge is 0.545 e. The number of aromatic carboxylic acids is 1. The fourth-order valence-electron chi connectivity index (χ4n) is 1.91. The van der Waals surface area contributed by atoms with E-state index in [9.17, 15) is 24.6 Å². The minimum atomic E-state index is -1.35. The molecule has 22 heavy (non-hydrogen) atoms. The van der Waals surface area contributed by atoms with Crippen molar-refractivity contribution in [3.05, 3.63) is 56.2 Å². The molecule has 1 heterocycles. The minimum absolute atomic E-state index is 0.0590. The van der Waals surface area contributed by atoms with E-state index in [0.717, 1.165) is 0 Å². The van der Waals surface area contributed by atoms with Crippen molar-refractivity contribution in [1.29, 1.82) is 0 Å². The molecule has 0 aliphatic heterocycles. The molecule has 2 aromatic rings. The molecule has 0 aliphatic carbocycles. The van der Waals surface area contributed by atoms with Crippen LogP contribution in [0.4, 0.5) is 5.69 Å². The SMILES string of the molecule is CCC(=Nc1cccc(C(=O)[O-])c1)c1c(O)[nH]c(=O)[nH]c1=O. The van der Waals surface area contributed by atoms with E-state index < -0.39 is 23.1 Å². The molecular formula is C14H12N3O5-. The molecule has 8 nitrogen and oxygen atoms in total. The van der Waals surface area contributed by atoms with Crippen LogP contribution in [0.2, 0.25) is 0 Å². The van der Waals surface area contributed by atoms with Crippen molar-refractivity contribution in [2.24, 2.45) is 4.99 Å². The zero-order chi connectivity index (χ0) is 16.3. The first-order valence-electron chi connectivity index (χ1n) is 6.37. The van der Waals surface area contributed by atoms with E-state index in [0.29, 0.717) is 0 Å². The number of carboxylic acid groups (broad SMARTS) is 1. The highest BCUT2D eigenvalue weighted by Gasteiger charge is 2.14. The Balaban J connectivity index is 2.58. The molecule has 114 valence electrons. The lowest BCUT2D eigenvalue weighted by molar-refractivity contribution is -0.255. The van der Waals surface area contributed by atoms with Crippen LogP contribution < -0.4 is 16.4 Å². The maximum atomic E-state index is 11.8. The van der Waals surface area contributed by atoms with Crippen LogP contribution in [0.15, 0.2) is 38.8 Å². The summed E-state index contributed by atoms with van der Waals surface area (Å²) >= 11 is 0. The molecule has 3 N–H and O–H groups in total. The van der Waals surface area contributed by atoms with Crippen molar-refractivity contribution < 1.29 is 15.0 Å². The van der Waals surface area contributed by atoms with Gasteiger partial charge in [-0.1, -0.05) is 19.1 Å². The van der Waals surface area contributed by atoms with Gasteiger partial charge in [0.1, 0.15) is 5.56 Å². The van der Waals surface area contributed by atoms with Crippen LogP contribution in [-0.4, -0.2) is 26.8 Å². The topological polar surface area (TPSA) is 138 Å². The number of carbonyl (C=O) groups excluding carboxylic acids is 1. The third-order valence-electron chi connectivity index (χ3n) is 2.89. The predicted molar refractivity (Wildman–Crippen MR) is 76.6 cm³/mol. The third-order valence-corrected chi connectivity index (χ3v) is 2.89. The zero-order valence-electron chi connectivity index (χ0n) is 11.5. The van der Waals surface area contributed by atoms with Gasteiger partial charge in [0.25, 0.3) is 5.56 Å². The second-order valence-corrected chi connectivity index (χ2v) is 4.38. The molecule has 0 spiro atoms. The number of rotatable bonds is 4. The summed E-state index contributed by atoms with van der Waals surface area (Å²) in [5.74, 6) is -1.94. The van der Waals surface area contributed by atoms with Gasteiger partial charge in [-0.3, -0.25) is 19.8 Å². The van der Waals surface area contributed by atoms with Gasteiger partial charge >= 0.3 is 5.69 Å². The quantitative estimate of drug-likeness (QED) is 0.663. The van der Waals surface area contributed by atoms with E-state index in [1.807, 2.05) is 4.98 Å². The summed E-state index contributed by atoms with van der Waals surface area (Å²) in [6.45, 7) is 1.70. The predicted octanol–water partition coefficient (Wildman–Crippen LogP) is -0.337. The Bertz CT molecular complexity index is 863. The molecule has 1 aromatic carbocycles. The van der Waals surface area contributed by atoms with E-state index in [1.165, 1.54) is 18.2 Å². The number of aromatic hydroxyl groups is 1. The van der Waals surface area contributed by atoms with Crippen molar-refractivity contribution in [1.82, 2.24) is 9.97 Å². The molecule has 0 aliphatic rings.